The lowest BCUT2D eigenvalue weighted by molar-refractivity contribution is -0.141. The molecule has 0 aliphatic heterocycles. The zero-order valence-electron chi connectivity index (χ0n) is 16.3. The highest BCUT2D eigenvalue weighted by Crippen LogP contribution is 2.27. The van der Waals surface area contributed by atoms with Crippen LogP contribution in [0.5, 0.6) is 0 Å². The first kappa shape index (κ1) is 23.9. The van der Waals surface area contributed by atoms with Gasteiger partial charge in [0.15, 0.2) is 0 Å². The molecule has 0 saturated heterocycles. The maximum Gasteiger partial charge on any atom is 0.433 e. The van der Waals surface area contributed by atoms with Crippen molar-refractivity contribution >= 4 is 44.8 Å². The van der Waals surface area contributed by atoms with Crippen LogP contribution in [0.4, 0.5) is 18.9 Å². The Morgan fingerprint density at radius 1 is 1.19 bits per heavy atom. The molecular formula is C18H15ClF3N5O3S2. The molecule has 0 aliphatic carbocycles. The lowest BCUT2D eigenvalue weighted by atomic mass is 10.2. The van der Waals surface area contributed by atoms with Crippen molar-refractivity contribution in [2.75, 3.05) is 10.6 Å². The van der Waals surface area contributed by atoms with Gasteiger partial charge in [0.25, 0.3) is 5.91 Å². The molecule has 8 nitrogen and oxygen atoms in total. The van der Waals surface area contributed by atoms with Gasteiger partial charge in [0, 0.05) is 29.8 Å². The van der Waals surface area contributed by atoms with Crippen molar-refractivity contribution in [2.45, 2.75) is 19.3 Å². The zero-order chi connectivity index (χ0) is 23.5. The van der Waals surface area contributed by atoms with Gasteiger partial charge in [-0.3, -0.25) is 14.1 Å². The molecule has 1 aromatic carbocycles. The van der Waals surface area contributed by atoms with E-state index in [1.807, 2.05) is 0 Å². The van der Waals surface area contributed by atoms with Crippen LogP contribution in [0, 0.1) is 0 Å². The second-order valence-electron chi connectivity index (χ2n) is 6.54. The van der Waals surface area contributed by atoms with Crippen molar-refractivity contribution in [1.82, 2.24) is 19.9 Å². The van der Waals surface area contributed by atoms with E-state index in [0.717, 1.165) is 34.4 Å². The number of hydrogen-bond donors (Lipinski definition) is 1. The molecule has 0 bridgehead atoms. The van der Waals surface area contributed by atoms with Crippen LogP contribution in [-0.2, 0) is 29.3 Å². The van der Waals surface area contributed by atoms with Crippen molar-refractivity contribution in [2.24, 2.45) is 0 Å². The predicted octanol–water partition coefficient (Wildman–Crippen LogP) is 3.50. The summed E-state index contributed by atoms with van der Waals surface area (Å²) in [5, 5.41) is 6.38. The van der Waals surface area contributed by atoms with Crippen molar-refractivity contribution in [3.05, 3.63) is 69.4 Å². The van der Waals surface area contributed by atoms with Crippen LogP contribution >= 0.6 is 23.1 Å². The molecule has 2 heterocycles. The van der Waals surface area contributed by atoms with Crippen LogP contribution in [0.2, 0.25) is 4.34 Å². The van der Waals surface area contributed by atoms with Gasteiger partial charge >= 0.3 is 6.18 Å². The van der Waals surface area contributed by atoms with Crippen LogP contribution in [0.1, 0.15) is 27.3 Å². The largest absolute Gasteiger partial charge is 0.433 e. The maximum atomic E-state index is 12.6. The summed E-state index contributed by atoms with van der Waals surface area (Å²) in [6.07, 6.45) is -2.47. The van der Waals surface area contributed by atoms with Gasteiger partial charge in [0.05, 0.1) is 18.5 Å². The summed E-state index contributed by atoms with van der Waals surface area (Å²) in [4.78, 5) is 15.7. The van der Waals surface area contributed by atoms with E-state index in [9.17, 15) is 26.4 Å². The average Bonchev–Trinajstić information content (AvgIpc) is 3.14. The molecule has 0 aliphatic rings. The minimum absolute atomic E-state index is 0.0312. The molecule has 1 amide bonds. The van der Waals surface area contributed by atoms with Crippen LogP contribution in [0.15, 0.2) is 42.6 Å². The van der Waals surface area contributed by atoms with Crippen molar-refractivity contribution in [3.63, 3.8) is 0 Å². The van der Waals surface area contributed by atoms with Crippen molar-refractivity contribution < 1.29 is 26.4 Å². The van der Waals surface area contributed by atoms with E-state index in [1.165, 1.54) is 30.3 Å². The first-order valence-electron chi connectivity index (χ1n) is 8.80. The van der Waals surface area contributed by atoms with E-state index in [0.29, 0.717) is 16.9 Å². The third kappa shape index (κ3) is 5.93. The molecule has 0 radical (unpaired) electrons. The number of alkyl halides is 3. The van der Waals surface area contributed by atoms with E-state index in [1.54, 1.807) is 0 Å². The van der Waals surface area contributed by atoms with Crippen molar-refractivity contribution in [1.29, 1.82) is 0 Å². The Kier molecular flexibility index (Phi) is 7.00. The third-order valence-corrected chi connectivity index (χ3v) is 6.31. The Morgan fingerprint density at radius 2 is 1.88 bits per heavy atom. The number of rotatable bonds is 7. The number of pyridine rings is 1. The summed E-state index contributed by atoms with van der Waals surface area (Å²) >= 11 is 6.90. The van der Waals surface area contributed by atoms with Gasteiger partial charge in [-0.1, -0.05) is 22.2 Å². The lowest BCUT2D eigenvalue weighted by Gasteiger charge is -2.21. The quantitative estimate of drug-likeness (QED) is 0.527. The first-order valence-corrected chi connectivity index (χ1v) is 11.8. The summed E-state index contributed by atoms with van der Waals surface area (Å²) in [7, 11) is -3.68. The predicted molar refractivity (Wildman–Crippen MR) is 113 cm³/mol. The Balaban J connectivity index is 1.68. The van der Waals surface area contributed by atoms with Gasteiger partial charge < -0.3 is 5.32 Å². The summed E-state index contributed by atoms with van der Waals surface area (Å²) in [6, 6.07) is 7.80. The molecule has 14 heteroatoms. The molecule has 0 saturated carbocycles. The monoisotopic (exact) mass is 505 g/mol. The number of nitrogens with zero attached hydrogens (tertiary/aromatic N) is 4. The fraction of sp³-hybridized carbons (Fsp3) is 0.222. The number of amides is 1. The molecular weight excluding hydrogens is 491 g/mol. The number of benzene rings is 1. The highest BCUT2D eigenvalue weighted by atomic mass is 35.5. The maximum absolute atomic E-state index is 12.6. The molecule has 170 valence electrons. The Hall–Kier alpha value is -2.77. The van der Waals surface area contributed by atoms with E-state index >= 15 is 0 Å². The Morgan fingerprint density at radius 3 is 2.38 bits per heavy atom. The highest BCUT2D eigenvalue weighted by molar-refractivity contribution is 7.92. The van der Waals surface area contributed by atoms with E-state index < -0.39 is 27.8 Å². The van der Waals surface area contributed by atoms with Gasteiger partial charge in [-0.25, -0.2) is 8.42 Å². The van der Waals surface area contributed by atoms with Gasteiger partial charge in [-0.05, 0) is 35.9 Å². The smallest absolute Gasteiger partial charge is 0.348 e. The Bertz CT molecular complexity index is 1200. The summed E-state index contributed by atoms with van der Waals surface area (Å²) in [6.45, 7) is -0.156. The molecule has 3 aromatic rings. The first-order chi connectivity index (χ1) is 14.9. The molecule has 2 aromatic heterocycles. The second kappa shape index (κ2) is 9.38. The van der Waals surface area contributed by atoms with E-state index in [2.05, 4.69) is 19.9 Å². The molecule has 1 N–H and O–H groups in total. The fourth-order valence-corrected chi connectivity index (χ4v) is 4.06. The van der Waals surface area contributed by atoms with Gasteiger partial charge in [-0.2, -0.15) is 13.2 Å². The number of aromatic nitrogens is 3. The second-order valence-corrected chi connectivity index (χ2v) is 9.80. The summed E-state index contributed by atoms with van der Waals surface area (Å²) in [5.41, 5.74) is 0.192. The topological polar surface area (TPSA) is 105 Å². The van der Waals surface area contributed by atoms with Gasteiger partial charge in [0.2, 0.25) is 10.0 Å². The zero-order valence-corrected chi connectivity index (χ0v) is 18.7. The van der Waals surface area contributed by atoms with Crippen LogP contribution in [-0.4, -0.2) is 35.2 Å². The normalized spacial score (nSPS) is 11.9. The number of carbonyl (C=O) groups is 1. The number of nitrogens with one attached hydrogen (secondary N) is 1. The molecule has 32 heavy (non-hydrogen) atoms. The number of sulfonamides is 1. The number of hydrogen-bond acceptors (Lipinski definition) is 7. The average molecular weight is 506 g/mol. The van der Waals surface area contributed by atoms with Crippen LogP contribution in [0.3, 0.4) is 0 Å². The number of halogens is 4. The summed E-state index contributed by atoms with van der Waals surface area (Å²) in [5.74, 6) is -0.492. The molecule has 3 rings (SSSR count). The standard InChI is InChI=1S/C18H15ClF3N5O3S2/c1-32(29,30)27(10-14-16(19)31-26-25-14)13-5-3-12(4-6-13)17(28)24-9-11-2-7-15(23-8-11)18(20,21)22/h2-8H,9-10H2,1H3,(H,24,28). The van der Waals surface area contributed by atoms with Crippen LogP contribution < -0.4 is 9.62 Å². The molecule has 0 atom stereocenters. The third-order valence-electron chi connectivity index (χ3n) is 4.19. The highest BCUT2D eigenvalue weighted by Gasteiger charge is 2.32. The number of carbonyl (C=O) groups excluding carboxylic acids is 1. The van der Waals surface area contributed by atoms with Crippen molar-refractivity contribution in [3.8, 4) is 0 Å². The van der Waals surface area contributed by atoms with E-state index in [4.69, 9.17) is 11.6 Å². The van der Waals surface area contributed by atoms with Crippen LogP contribution in [0.25, 0.3) is 0 Å². The minimum atomic E-state index is -4.54. The summed E-state index contributed by atoms with van der Waals surface area (Å²) < 4.78 is 67.1. The molecule has 0 spiro atoms. The minimum Gasteiger partial charge on any atom is -0.348 e. The van der Waals surface area contributed by atoms with Gasteiger partial charge in [-0.15, -0.1) is 5.10 Å². The molecule has 0 unspecified atom stereocenters. The number of anilines is 1. The van der Waals surface area contributed by atoms with Gasteiger partial charge in [0.1, 0.15) is 15.7 Å². The molecule has 0 fully saturated rings. The fourth-order valence-electron chi connectivity index (χ4n) is 2.59. The Labute approximate surface area is 190 Å². The lowest BCUT2D eigenvalue weighted by Crippen LogP contribution is -2.29. The SMILES string of the molecule is CS(=O)(=O)N(Cc1nnsc1Cl)c1ccc(C(=O)NCc2ccc(C(F)(F)F)nc2)cc1. The van der Waals surface area contributed by atoms with E-state index in [-0.39, 0.29) is 23.0 Å².